The number of rotatable bonds is 7. The van der Waals surface area contributed by atoms with Gasteiger partial charge in [0.2, 0.25) is 0 Å². The third-order valence-electron chi connectivity index (χ3n) is 6.46. The molecule has 2 atom stereocenters. The molecule has 0 radical (unpaired) electrons. The number of hydrogen-bond donors (Lipinski definition) is 1. The lowest BCUT2D eigenvalue weighted by Crippen LogP contribution is -2.21. The Morgan fingerprint density at radius 3 is 2.53 bits per heavy atom. The number of nitroso groups, excluding NO2 is 1. The molecule has 0 amide bonds. The zero-order chi connectivity index (χ0) is 20.9. The molecule has 1 aliphatic carbocycles. The third kappa shape index (κ3) is 4.22. The van der Waals surface area contributed by atoms with Gasteiger partial charge in [-0.15, -0.1) is 4.91 Å². The first kappa shape index (κ1) is 20.5. The van der Waals surface area contributed by atoms with Crippen LogP contribution in [0.1, 0.15) is 58.6 Å². The maximum Gasteiger partial charge on any atom is 0.108 e. The van der Waals surface area contributed by atoms with Crippen LogP contribution in [-0.2, 0) is 12.8 Å². The molecule has 0 aliphatic heterocycles. The minimum atomic E-state index is 0.290. The lowest BCUT2D eigenvalue weighted by Gasteiger charge is -2.35. The van der Waals surface area contributed by atoms with Crippen LogP contribution in [0.3, 0.4) is 0 Å². The highest BCUT2D eigenvalue weighted by Crippen LogP contribution is 2.47. The minimum Gasteiger partial charge on any atom is -0.317 e. The topological polar surface area (TPSA) is 41.5 Å². The van der Waals surface area contributed by atoms with Crippen LogP contribution in [-0.4, -0.2) is 13.1 Å². The number of fused-ring (bicyclic) bond motifs is 1. The summed E-state index contributed by atoms with van der Waals surface area (Å²) in [5.41, 5.74) is 8.62. The first-order chi connectivity index (χ1) is 14.7. The van der Waals surface area contributed by atoms with E-state index in [1.54, 1.807) is 0 Å². The number of aryl methyl sites for hydroxylation is 2. The number of likely N-dealkylation sites (N-methyl/N-ethyl adjacent to an activating group) is 1. The monoisotopic (exact) mass is 398 g/mol. The van der Waals surface area contributed by atoms with Gasteiger partial charge in [-0.3, -0.25) is 0 Å². The summed E-state index contributed by atoms with van der Waals surface area (Å²) in [6.07, 6.45) is 3.10. The van der Waals surface area contributed by atoms with Crippen molar-refractivity contribution in [3.63, 3.8) is 0 Å². The van der Waals surface area contributed by atoms with E-state index in [0.717, 1.165) is 32.4 Å². The van der Waals surface area contributed by atoms with Crippen molar-refractivity contribution in [2.24, 2.45) is 5.18 Å². The Balaban J connectivity index is 1.73. The molecule has 0 saturated carbocycles. The van der Waals surface area contributed by atoms with Crippen molar-refractivity contribution >= 4 is 5.69 Å². The summed E-state index contributed by atoms with van der Waals surface area (Å²) in [5, 5.41) is 6.56. The molecule has 4 rings (SSSR count). The van der Waals surface area contributed by atoms with Crippen LogP contribution >= 0.6 is 0 Å². The van der Waals surface area contributed by atoms with Gasteiger partial charge in [0.05, 0.1) is 0 Å². The van der Waals surface area contributed by atoms with Crippen LogP contribution in [0.4, 0.5) is 5.69 Å². The number of nitrogens with zero attached hydrogens (tertiary/aromatic N) is 1. The van der Waals surface area contributed by atoms with E-state index in [9.17, 15) is 4.91 Å². The molecule has 3 aromatic rings. The molecular formula is C27H30N2O. The zero-order valence-corrected chi connectivity index (χ0v) is 17.9. The van der Waals surface area contributed by atoms with E-state index in [1.807, 2.05) is 12.1 Å². The van der Waals surface area contributed by atoms with Gasteiger partial charge in [-0.1, -0.05) is 61.5 Å². The van der Waals surface area contributed by atoms with Crippen LogP contribution in [0.15, 0.2) is 71.9 Å². The fourth-order valence-electron chi connectivity index (χ4n) is 4.91. The van der Waals surface area contributed by atoms with Crippen LogP contribution in [0.25, 0.3) is 0 Å². The summed E-state index contributed by atoms with van der Waals surface area (Å²) in [5.74, 6) is 0.722. The second kappa shape index (κ2) is 9.36. The molecule has 0 bridgehead atoms. The molecule has 1 aliphatic rings. The van der Waals surface area contributed by atoms with Crippen LogP contribution in [0.5, 0.6) is 0 Å². The largest absolute Gasteiger partial charge is 0.317 e. The molecule has 3 nitrogen and oxygen atoms in total. The molecule has 1 N–H and O–H groups in total. The molecule has 0 fully saturated rings. The Bertz CT molecular complexity index is 1010. The first-order valence-corrected chi connectivity index (χ1v) is 11.0. The van der Waals surface area contributed by atoms with E-state index in [1.165, 1.54) is 33.4 Å². The molecular weight excluding hydrogens is 368 g/mol. The van der Waals surface area contributed by atoms with Gasteiger partial charge in [0.1, 0.15) is 5.69 Å². The van der Waals surface area contributed by atoms with Gasteiger partial charge in [0.25, 0.3) is 0 Å². The first-order valence-electron chi connectivity index (χ1n) is 11.0. The summed E-state index contributed by atoms with van der Waals surface area (Å²) in [7, 11) is 0. The Kier molecular flexibility index (Phi) is 6.39. The van der Waals surface area contributed by atoms with Gasteiger partial charge >= 0.3 is 0 Å². The average molecular weight is 399 g/mol. The van der Waals surface area contributed by atoms with Crippen molar-refractivity contribution in [1.82, 2.24) is 5.32 Å². The van der Waals surface area contributed by atoms with Crippen molar-refractivity contribution in [2.45, 2.75) is 44.9 Å². The van der Waals surface area contributed by atoms with Gasteiger partial charge < -0.3 is 5.32 Å². The van der Waals surface area contributed by atoms with Crippen LogP contribution < -0.4 is 5.32 Å². The fourth-order valence-corrected chi connectivity index (χ4v) is 4.91. The van der Waals surface area contributed by atoms with E-state index < -0.39 is 0 Å². The second-order valence-electron chi connectivity index (χ2n) is 8.30. The summed E-state index contributed by atoms with van der Waals surface area (Å²) < 4.78 is 0. The lowest BCUT2D eigenvalue weighted by atomic mass is 9.68. The predicted molar refractivity (Wildman–Crippen MR) is 125 cm³/mol. The maximum absolute atomic E-state index is 11.1. The Hall–Kier alpha value is -2.78. The molecule has 30 heavy (non-hydrogen) atoms. The van der Waals surface area contributed by atoms with Crippen molar-refractivity contribution in [3.05, 3.63) is 105 Å². The van der Waals surface area contributed by atoms with Crippen molar-refractivity contribution in [2.75, 3.05) is 13.1 Å². The molecule has 0 heterocycles. The van der Waals surface area contributed by atoms with Gasteiger partial charge in [-0.05, 0) is 95.9 Å². The molecule has 1 unspecified atom stereocenters. The second-order valence-corrected chi connectivity index (χ2v) is 8.30. The van der Waals surface area contributed by atoms with E-state index in [2.05, 4.69) is 78.9 Å². The highest BCUT2D eigenvalue weighted by atomic mass is 16.3. The molecule has 0 spiro atoms. The van der Waals surface area contributed by atoms with Crippen LogP contribution in [0, 0.1) is 11.8 Å². The van der Waals surface area contributed by atoms with Gasteiger partial charge in [-0.2, -0.15) is 0 Å². The lowest BCUT2D eigenvalue weighted by molar-refractivity contribution is 0.522. The van der Waals surface area contributed by atoms with E-state index in [-0.39, 0.29) is 0 Å². The highest BCUT2D eigenvalue weighted by Gasteiger charge is 2.32. The molecule has 3 heteroatoms. The Labute approximate surface area is 179 Å². The normalized spacial score (nSPS) is 18.1. The third-order valence-corrected chi connectivity index (χ3v) is 6.46. The van der Waals surface area contributed by atoms with E-state index in [0.29, 0.717) is 17.5 Å². The molecule has 0 aromatic heterocycles. The SMILES string of the molecule is CCNCCc1ccc(C2c3ccc(N=O)cc3CC[C@@H]2c2ccccc2C)cc1. The average Bonchev–Trinajstić information content (AvgIpc) is 2.79. The summed E-state index contributed by atoms with van der Waals surface area (Å²) in [6, 6.07) is 23.9. The molecule has 3 aromatic carbocycles. The molecule has 154 valence electrons. The highest BCUT2D eigenvalue weighted by molar-refractivity contribution is 5.52. The zero-order valence-electron chi connectivity index (χ0n) is 17.9. The standard InChI is InChI=1S/C27H30N2O/c1-3-28-17-16-20-8-10-21(11-9-20)27-25-15-13-23(29-30)18-22(25)12-14-26(27)24-7-5-4-6-19(24)2/h4-11,13,15,18,26-28H,3,12,14,16-17H2,1-2H3/t26-,27?/m1/s1. The van der Waals surface area contributed by atoms with E-state index in [4.69, 9.17) is 0 Å². The Morgan fingerprint density at radius 2 is 1.80 bits per heavy atom. The molecule has 0 saturated heterocycles. The van der Waals surface area contributed by atoms with Crippen molar-refractivity contribution < 1.29 is 0 Å². The number of hydrogen-bond acceptors (Lipinski definition) is 3. The van der Waals surface area contributed by atoms with Crippen molar-refractivity contribution in [1.29, 1.82) is 0 Å². The number of benzene rings is 3. The quantitative estimate of drug-likeness (QED) is 0.369. The van der Waals surface area contributed by atoms with Gasteiger partial charge in [0.15, 0.2) is 0 Å². The smallest absolute Gasteiger partial charge is 0.108 e. The minimum absolute atomic E-state index is 0.290. The van der Waals surface area contributed by atoms with E-state index >= 15 is 0 Å². The van der Waals surface area contributed by atoms with Gasteiger partial charge in [0, 0.05) is 5.92 Å². The van der Waals surface area contributed by atoms with Crippen molar-refractivity contribution in [3.8, 4) is 0 Å². The Morgan fingerprint density at radius 1 is 1.00 bits per heavy atom. The summed E-state index contributed by atoms with van der Waals surface area (Å²) in [4.78, 5) is 11.1. The van der Waals surface area contributed by atoms with Crippen LogP contribution in [0.2, 0.25) is 0 Å². The summed E-state index contributed by atoms with van der Waals surface area (Å²) >= 11 is 0. The maximum atomic E-state index is 11.1. The van der Waals surface area contributed by atoms with Gasteiger partial charge in [-0.25, -0.2) is 0 Å². The predicted octanol–water partition coefficient (Wildman–Crippen LogP) is 6.41. The summed E-state index contributed by atoms with van der Waals surface area (Å²) in [6.45, 7) is 6.37. The number of nitrogens with one attached hydrogen (secondary N) is 1. The fraction of sp³-hybridized carbons (Fsp3) is 0.333.